The van der Waals surface area contributed by atoms with Crippen LogP contribution in [0.25, 0.3) is 0 Å². The summed E-state index contributed by atoms with van der Waals surface area (Å²) in [7, 11) is -4.38. The Balaban J connectivity index is 1.81. The second-order valence-corrected chi connectivity index (χ2v) is 11.8. The number of amides is 2. The SMILES string of the molecule is CCNC(=O)C(Cc1ccccc1)N(Cc1ccccc1Cl)C(=O)CN(c1ccccc1F)S(=O)(=O)c1ccccc1. The number of hydrogen-bond acceptors (Lipinski definition) is 4. The van der Waals surface area contributed by atoms with Crippen LogP contribution in [0.5, 0.6) is 0 Å². The first-order chi connectivity index (χ1) is 20.2. The summed E-state index contributed by atoms with van der Waals surface area (Å²) < 4.78 is 43.5. The van der Waals surface area contributed by atoms with Gasteiger partial charge in [-0.15, -0.1) is 0 Å². The van der Waals surface area contributed by atoms with Crippen LogP contribution in [-0.4, -0.2) is 44.3 Å². The number of benzene rings is 4. The van der Waals surface area contributed by atoms with Gasteiger partial charge in [-0.05, 0) is 48.4 Å². The lowest BCUT2D eigenvalue weighted by atomic mass is 10.0. The second-order valence-electron chi connectivity index (χ2n) is 9.49. The summed E-state index contributed by atoms with van der Waals surface area (Å²) >= 11 is 6.46. The fourth-order valence-electron chi connectivity index (χ4n) is 4.54. The van der Waals surface area contributed by atoms with E-state index in [1.54, 1.807) is 49.4 Å². The van der Waals surface area contributed by atoms with Gasteiger partial charge in [0, 0.05) is 24.5 Å². The van der Waals surface area contributed by atoms with Crippen LogP contribution in [-0.2, 0) is 32.6 Å². The molecule has 0 saturated heterocycles. The van der Waals surface area contributed by atoms with Crippen molar-refractivity contribution >= 4 is 39.1 Å². The van der Waals surface area contributed by atoms with E-state index in [2.05, 4.69) is 5.32 Å². The molecule has 0 bridgehead atoms. The first-order valence-electron chi connectivity index (χ1n) is 13.4. The summed E-state index contributed by atoms with van der Waals surface area (Å²) in [5, 5.41) is 3.18. The molecule has 4 aromatic carbocycles. The van der Waals surface area contributed by atoms with Crippen LogP contribution in [0.2, 0.25) is 5.02 Å². The Hall–Kier alpha value is -4.21. The Labute approximate surface area is 250 Å². The van der Waals surface area contributed by atoms with Crippen molar-refractivity contribution in [2.24, 2.45) is 0 Å². The highest BCUT2D eigenvalue weighted by molar-refractivity contribution is 7.92. The topological polar surface area (TPSA) is 86.8 Å². The minimum atomic E-state index is -4.38. The number of carbonyl (C=O) groups excluding carboxylic acids is 2. The van der Waals surface area contributed by atoms with E-state index in [0.29, 0.717) is 17.1 Å². The van der Waals surface area contributed by atoms with E-state index in [0.717, 1.165) is 15.9 Å². The number of carbonyl (C=O) groups is 2. The van der Waals surface area contributed by atoms with Gasteiger partial charge >= 0.3 is 0 Å². The first kappa shape index (κ1) is 30.7. The van der Waals surface area contributed by atoms with Crippen LogP contribution in [0.15, 0.2) is 114 Å². The van der Waals surface area contributed by atoms with Crippen LogP contribution in [0, 0.1) is 5.82 Å². The highest BCUT2D eigenvalue weighted by Crippen LogP contribution is 2.27. The molecular formula is C32H31ClFN3O4S. The average molecular weight is 608 g/mol. The standard InChI is InChI=1S/C32H31ClFN3O4S/c1-2-35-32(39)30(21-24-13-5-3-6-14-24)36(22-25-15-9-10-18-27(25)33)31(38)23-37(29-20-12-11-19-28(29)34)42(40,41)26-16-7-4-8-17-26/h3-20,30H,2,21-23H2,1H3,(H,35,39). The van der Waals surface area contributed by atoms with E-state index in [1.165, 1.54) is 35.2 Å². The lowest BCUT2D eigenvalue weighted by Crippen LogP contribution is -2.53. The molecule has 0 spiro atoms. The highest BCUT2D eigenvalue weighted by Gasteiger charge is 2.35. The Morgan fingerprint density at radius 3 is 2.10 bits per heavy atom. The van der Waals surface area contributed by atoms with Crippen LogP contribution < -0.4 is 9.62 Å². The number of rotatable bonds is 12. The van der Waals surface area contributed by atoms with Crippen molar-refractivity contribution in [3.05, 3.63) is 131 Å². The predicted molar refractivity (Wildman–Crippen MR) is 162 cm³/mol. The third-order valence-electron chi connectivity index (χ3n) is 6.65. The van der Waals surface area contributed by atoms with Crippen molar-refractivity contribution in [2.45, 2.75) is 30.8 Å². The summed E-state index contributed by atoms with van der Waals surface area (Å²) in [6.07, 6.45) is 0.161. The molecule has 0 aliphatic carbocycles. The van der Waals surface area contributed by atoms with Crippen LogP contribution >= 0.6 is 11.6 Å². The molecule has 7 nitrogen and oxygen atoms in total. The molecule has 0 heterocycles. The van der Waals surface area contributed by atoms with Gasteiger partial charge in [0.15, 0.2) is 0 Å². The molecule has 0 aromatic heterocycles. The third kappa shape index (κ3) is 7.35. The summed E-state index contributed by atoms with van der Waals surface area (Å²) in [6.45, 7) is 1.25. The number of hydrogen-bond donors (Lipinski definition) is 1. The zero-order valence-corrected chi connectivity index (χ0v) is 24.6. The van der Waals surface area contributed by atoms with Gasteiger partial charge in [-0.1, -0.05) is 90.5 Å². The quantitative estimate of drug-likeness (QED) is 0.232. The molecule has 1 atom stereocenters. The highest BCUT2D eigenvalue weighted by atomic mass is 35.5. The molecule has 0 aliphatic heterocycles. The summed E-state index contributed by atoms with van der Waals surface area (Å²) in [4.78, 5) is 28.9. The van der Waals surface area contributed by atoms with E-state index < -0.39 is 40.2 Å². The van der Waals surface area contributed by atoms with Crippen molar-refractivity contribution in [2.75, 3.05) is 17.4 Å². The molecule has 2 amide bonds. The maximum Gasteiger partial charge on any atom is 0.264 e. The van der Waals surface area contributed by atoms with Gasteiger partial charge in [0.05, 0.1) is 10.6 Å². The molecule has 1 N–H and O–H groups in total. The van der Waals surface area contributed by atoms with Crippen molar-refractivity contribution in [1.29, 1.82) is 0 Å². The number of para-hydroxylation sites is 1. The number of nitrogens with one attached hydrogen (secondary N) is 1. The van der Waals surface area contributed by atoms with E-state index in [1.807, 2.05) is 30.3 Å². The average Bonchev–Trinajstić information content (AvgIpc) is 3.00. The molecule has 0 radical (unpaired) electrons. The zero-order valence-electron chi connectivity index (χ0n) is 23.0. The van der Waals surface area contributed by atoms with Gasteiger partial charge in [-0.3, -0.25) is 13.9 Å². The Bertz CT molecular complexity index is 1620. The lowest BCUT2D eigenvalue weighted by Gasteiger charge is -2.34. The zero-order chi connectivity index (χ0) is 30.1. The number of nitrogens with zero attached hydrogens (tertiary/aromatic N) is 2. The molecule has 0 saturated carbocycles. The van der Waals surface area contributed by atoms with E-state index in [-0.39, 0.29) is 23.5 Å². The summed E-state index contributed by atoms with van der Waals surface area (Å²) in [5.41, 5.74) is 1.08. The molecule has 4 aromatic rings. The molecule has 10 heteroatoms. The monoisotopic (exact) mass is 607 g/mol. The fourth-order valence-corrected chi connectivity index (χ4v) is 6.18. The second kappa shape index (κ2) is 14.1. The predicted octanol–water partition coefficient (Wildman–Crippen LogP) is 5.45. The largest absolute Gasteiger partial charge is 0.355 e. The Morgan fingerprint density at radius 1 is 0.857 bits per heavy atom. The van der Waals surface area contributed by atoms with Crippen LogP contribution in [0.1, 0.15) is 18.1 Å². The van der Waals surface area contributed by atoms with Crippen molar-refractivity contribution in [1.82, 2.24) is 10.2 Å². The van der Waals surface area contributed by atoms with Crippen LogP contribution in [0.4, 0.5) is 10.1 Å². The minimum Gasteiger partial charge on any atom is -0.355 e. The van der Waals surface area contributed by atoms with Gasteiger partial charge in [0.25, 0.3) is 10.0 Å². The Morgan fingerprint density at radius 2 is 1.45 bits per heavy atom. The number of sulfonamides is 1. The van der Waals surface area contributed by atoms with Gasteiger partial charge in [-0.2, -0.15) is 0 Å². The van der Waals surface area contributed by atoms with Crippen molar-refractivity contribution < 1.29 is 22.4 Å². The summed E-state index contributed by atoms with van der Waals surface area (Å²) in [6, 6.07) is 27.9. The van der Waals surface area contributed by atoms with E-state index in [9.17, 15) is 18.0 Å². The minimum absolute atomic E-state index is 0.0797. The molecular weight excluding hydrogens is 577 g/mol. The number of halogens is 2. The molecule has 0 aliphatic rings. The van der Waals surface area contributed by atoms with Gasteiger partial charge in [0.2, 0.25) is 11.8 Å². The molecule has 218 valence electrons. The molecule has 1 unspecified atom stereocenters. The number of likely N-dealkylation sites (N-methyl/N-ethyl adjacent to an activating group) is 1. The summed E-state index contributed by atoms with van der Waals surface area (Å²) in [5.74, 6) is -1.93. The number of anilines is 1. The Kier molecular flexibility index (Phi) is 10.3. The maximum atomic E-state index is 15.1. The van der Waals surface area contributed by atoms with Crippen molar-refractivity contribution in [3.8, 4) is 0 Å². The van der Waals surface area contributed by atoms with E-state index in [4.69, 9.17) is 11.6 Å². The van der Waals surface area contributed by atoms with Gasteiger partial charge in [-0.25, -0.2) is 12.8 Å². The van der Waals surface area contributed by atoms with Crippen molar-refractivity contribution in [3.63, 3.8) is 0 Å². The normalized spacial score (nSPS) is 11.9. The first-order valence-corrected chi connectivity index (χ1v) is 15.2. The molecule has 4 rings (SSSR count). The smallest absolute Gasteiger partial charge is 0.264 e. The molecule has 0 fully saturated rings. The lowest BCUT2D eigenvalue weighted by molar-refractivity contribution is -0.140. The maximum absolute atomic E-state index is 15.1. The van der Waals surface area contributed by atoms with Gasteiger partial charge in [0.1, 0.15) is 18.4 Å². The fraction of sp³-hybridized carbons (Fsp3) is 0.188. The van der Waals surface area contributed by atoms with Gasteiger partial charge < -0.3 is 10.2 Å². The van der Waals surface area contributed by atoms with E-state index >= 15 is 4.39 Å². The molecule has 42 heavy (non-hydrogen) atoms. The van der Waals surface area contributed by atoms with Crippen LogP contribution in [0.3, 0.4) is 0 Å². The third-order valence-corrected chi connectivity index (χ3v) is 8.79.